The molecule has 10 heavy (non-hydrogen) atoms. The molecule has 0 spiro atoms. The quantitative estimate of drug-likeness (QED) is 0.429. The number of esters is 1. The zero-order valence-corrected chi connectivity index (χ0v) is 6.17. The molecule has 2 atom stereocenters. The number of carbonyl (C=O) groups excluding carboxylic acids is 1. The van der Waals surface area contributed by atoms with Crippen LogP contribution in [0.25, 0.3) is 0 Å². The molecule has 0 aliphatic carbocycles. The molecule has 56 valence electrons. The van der Waals surface area contributed by atoms with Crippen molar-refractivity contribution in [2.24, 2.45) is 5.92 Å². The predicted octanol–water partition coefficient (Wildman–Crippen LogP) is 1.51. The van der Waals surface area contributed by atoms with Crippen molar-refractivity contribution in [3.05, 3.63) is 12.7 Å². The van der Waals surface area contributed by atoms with Gasteiger partial charge in [-0.2, -0.15) is 0 Å². The maximum Gasteiger partial charge on any atom is 0.306 e. The molecule has 0 bridgehead atoms. The molecule has 0 aromatic carbocycles. The molecule has 1 saturated heterocycles. The zero-order chi connectivity index (χ0) is 7.56. The number of rotatable bonds is 2. The van der Waals surface area contributed by atoms with Crippen LogP contribution in [0, 0.1) is 5.92 Å². The van der Waals surface area contributed by atoms with Crippen molar-refractivity contribution in [1.29, 1.82) is 0 Å². The van der Waals surface area contributed by atoms with E-state index < -0.39 is 0 Å². The van der Waals surface area contributed by atoms with Gasteiger partial charge in [0.05, 0.1) is 6.42 Å². The van der Waals surface area contributed by atoms with E-state index in [2.05, 4.69) is 6.58 Å². The van der Waals surface area contributed by atoms with Crippen molar-refractivity contribution in [3.8, 4) is 0 Å². The minimum absolute atomic E-state index is 0.0700. The van der Waals surface area contributed by atoms with Gasteiger partial charge in [-0.15, -0.1) is 6.58 Å². The van der Waals surface area contributed by atoms with Crippen LogP contribution < -0.4 is 0 Å². The Kier molecular flexibility index (Phi) is 2.10. The molecule has 2 nitrogen and oxygen atoms in total. The largest absolute Gasteiger partial charge is 0.462 e. The lowest BCUT2D eigenvalue weighted by molar-refractivity contribution is -0.141. The Morgan fingerprint density at radius 3 is 3.00 bits per heavy atom. The Morgan fingerprint density at radius 2 is 2.60 bits per heavy atom. The maximum absolute atomic E-state index is 10.7. The van der Waals surface area contributed by atoms with E-state index in [1.807, 2.05) is 6.92 Å². The number of hydrogen-bond donors (Lipinski definition) is 0. The van der Waals surface area contributed by atoms with Gasteiger partial charge in [0.25, 0.3) is 0 Å². The Bertz CT molecular complexity index is 151. The first kappa shape index (κ1) is 7.32. The van der Waals surface area contributed by atoms with Gasteiger partial charge in [0.15, 0.2) is 0 Å². The van der Waals surface area contributed by atoms with E-state index in [0.717, 1.165) is 6.42 Å². The summed E-state index contributed by atoms with van der Waals surface area (Å²) in [6.45, 7) is 5.62. The summed E-state index contributed by atoms with van der Waals surface area (Å²) in [5, 5.41) is 0. The van der Waals surface area contributed by atoms with Crippen molar-refractivity contribution < 1.29 is 9.53 Å². The van der Waals surface area contributed by atoms with Gasteiger partial charge in [0, 0.05) is 12.3 Å². The third-order valence-electron chi connectivity index (χ3n) is 1.81. The highest BCUT2D eigenvalue weighted by molar-refractivity contribution is 5.72. The Balaban J connectivity index is 2.45. The van der Waals surface area contributed by atoms with Gasteiger partial charge in [0.1, 0.15) is 6.10 Å². The van der Waals surface area contributed by atoms with Gasteiger partial charge in [-0.05, 0) is 0 Å². The molecule has 0 N–H and O–H groups in total. The van der Waals surface area contributed by atoms with E-state index >= 15 is 0 Å². The Labute approximate surface area is 60.9 Å². The molecule has 0 saturated carbocycles. The summed E-state index contributed by atoms with van der Waals surface area (Å²) in [5.74, 6) is 0.296. The average Bonchev–Trinajstić information content (AvgIpc) is 2.13. The summed E-state index contributed by atoms with van der Waals surface area (Å²) in [6, 6.07) is 0. The molecule has 1 fully saturated rings. The fourth-order valence-electron chi connectivity index (χ4n) is 1.17. The highest BCUT2D eigenvalue weighted by Crippen LogP contribution is 2.23. The minimum atomic E-state index is -0.0700. The summed E-state index contributed by atoms with van der Waals surface area (Å²) in [4.78, 5) is 10.7. The predicted molar refractivity (Wildman–Crippen MR) is 38.5 cm³/mol. The number of hydrogen-bond acceptors (Lipinski definition) is 2. The first-order chi connectivity index (χ1) is 4.74. The smallest absolute Gasteiger partial charge is 0.306 e. The molecule has 1 aliphatic heterocycles. The van der Waals surface area contributed by atoms with Crippen LogP contribution in [-0.4, -0.2) is 12.1 Å². The molecular weight excluding hydrogens is 128 g/mol. The molecule has 1 aliphatic rings. The topological polar surface area (TPSA) is 26.3 Å². The van der Waals surface area contributed by atoms with Crippen molar-refractivity contribution in [3.63, 3.8) is 0 Å². The molecule has 0 aromatic rings. The minimum Gasteiger partial charge on any atom is -0.462 e. The van der Waals surface area contributed by atoms with E-state index in [1.54, 1.807) is 6.08 Å². The van der Waals surface area contributed by atoms with E-state index in [4.69, 9.17) is 4.74 Å². The van der Waals surface area contributed by atoms with Gasteiger partial charge in [-0.3, -0.25) is 4.79 Å². The van der Waals surface area contributed by atoms with Gasteiger partial charge in [0.2, 0.25) is 0 Å². The lowest BCUT2D eigenvalue weighted by Crippen LogP contribution is -2.11. The average molecular weight is 140 g/mol. The number of carbonyl (C=O) groups is 1. The number of cyclic esters (lactones) is 1. The molecular formula is C8H12O2. The normalized spacial score (nSPS) is 31.9. The third-order valence-corrected chi connectivity index (χ3v) is 1.81. The van der Waals surface area contributed by atoms with Crippen LogP contribution in [0.15, 0.2) is 12.7 Å². The van der Waals surface area contributed by atoms with E-state index in [1.165, 1.54) is 0 Å². The van der Waals surface area contributed by atoms with E-state index in [0.29, 0.717) is 12.3 Å². The van der Waals surface area contributed by atoms with Crippen LogP contribution in [0.2, 0.25) is 0 Å². The lowest BCUT2D eigenvalue weighted by Gasteiger charge is -2.09. The van der Waals surface area contributed by atoms with Crippen molar-refractivity contribution in [2.75, 3.05) is 0 Å². The molecule has 0 unspecified atom stereocenters. The monoisotopic (exact) mass is 140 g/mol. The first-order valence-corrected chi connectivity index (χ1v) is 3.54. The summed E-state index contributed by atoms with van der Waals surface area (Å²) < 4.78 is 5.00. The van der Waals surface area contributed by atoms with Crippen LogP contribution in [0.1, 0.15) is 19.8 Å². The maximum atomic E-state index is 10.7. The fourth-order valence-corrected chi connectivity index (χ4v) is 1.17. The summed E-state index contributed by atoms with van der Waals surface area (Å²) in [5.41, 5.74) is 0. The lowest BCUT2D eigenvalue weighted by atomic mass is 10.0. The van der Waals surface area contributed by atoms with Gasteiger partial charge >= 0.3 is 5.97 Å². The summed E-state index contributed by atoms with van der Waals surface area (Å²) in [6.07, 6.45) is 3.23. The second-order valence-corrected chi connectivity index (χ2v) is 2.73. The molecule has 2 heteroatoms. The standard InChI is InChI=1S/C8H12O2/c1-3-4-7-6(2)5-8(9)10-7/h3,6-7H,1,4-5H2,2H3/t6-,7+/m0/s1. The second-order valence-electron chi connectivity index (χ2n) is 2.73. The highest BCUT2D eigenvalue weighted by Gasteiger charge is 2.29. The van der Waals surface area contributed by atoms with Crippen molar-refractivity contribution in [2.45, 2.75) is 25.9 Å². The third kappa shape index (κ3) is 1.38. The Hall–Kier alpha value is -0.790. The van der Waals surface area contributed by atoms with Crippen LogP contribution in [-0.2, 0) is 9.53 Å². The molecule has 0 radical (unpaired) electrons. The van der Waals surface area contributed by atoms with Gasteiger partial charge in [-0.25, -0.2) is 0 Å². The second kappa shape index (κ2) is 2.86. The molecule has 1 heterocycles. The van der Waals surface area contributed by atoms with Crippen LogP contribution in [0.5, 0.6) is 0 Å². The molecule has 0 aromatic heterocycles. The fraction of sp³-hybridized carbons (Fsp3) is 0.625. The Morgan fingerprint density at radius 1 is 1.90 bits per heavy atom. The first-order valence-electron chi connectivity index (χ1n) is 3.54. The van der Waals surface area contributed by atoms with Gasteiger partial charge in [-0.1, -0.05) is 13.0 Å². The van der Waals surface area contributed by atoms with E-state index in [9.17, 15) is 4.79 Å². The van der Waals surface area contributed by atoms with Crippen LogP contribution in [0.4, 0.5) is 0 Å². The highest BCUT2D eigenvalue weighted by atomic mass is 16.5. The van der Waals surface area contributed by atoms with E-state index in [-0.39, 0.29) is 12.1 Å². The molecule has 1 rings (SSSR count). The van der Waals surface area contributed by atoms with Crippen molar-refractivity contribution >= 4 is 5.97 Å². The molecule has 0 amide bonds. The van der Waals surface area contributed by atoms with Gasteiger partial charge < -0.3 is 4.74 Å². The zero-order valence-electron chi connectivity index (χ0n) is 6.17. The summed E-state index contributed by atoms with van der Waals surface area (Å²) >= 11 is 0. The van der Waals surface area contributed by atoms with Crippen LogP contribution >= 0.6 is 0 Å². The van der Waals surface area contributed by atoms with Crippen molar-refractivity contribution in [1.82, 2.24) is 0 Å². The summed E-state index contributed by atoms with van der Waals surface area (Å²) in [7, 11) is 0. The number of ether oxygens (including phenoxy) is 1. The van der Waals surface area contributed by atoms with Crippen LogP contribution in [0.3, 0.4) is 0 Å². The SMILES string of the molecule is C=CC[C@H]1OC(=O)C[C@@H]1C.